The van der Waals surface area contributed by atoms with Crippen molar-refractivity contribution in [3.8, 4) is 11.8 Å². The van der Waals surface area contributed by atoms with Crippen LogP contribution in [0, 0.1) is 23.2 Å². The molecule has 1 aliphatic rings. The van der Waals surface area contributed by atoms with Crippen LogP contribution < -0.4 is 4.72 Å². The summed E-state index contributed by atoms with van der Waals surface area (Å²) in [5.41, 5.74) is 0.521. The van der Waals surface area contributed by atoms with Crippen LogP contribution in [-0.4, -0.2) is 26.7 Å². The third-order valence-electron chi connectivity index (χ3n) is 4.21. The van der Waals surface area contributed by atoms with Crippen molar-refractivity contribution < 1.29 is 13.5 Å². The van der Waals surface area contributed by atoms with E-state index in [2.05, 4.69) is 30.4 Å². The van der Waals surface area contributed by atoms with Gasteiger partial charge in [-0.15, -0.1) is 0 Å². The Kier molecular flexibility index (Phi) is 4.72. The third-order valence-corrected chi connectivity index (χ3v) is 5.67. The Morgan fingerprint density at radius 1 is 1.33 bits per heavy atom. The van der Waals surface area contributed by atoms with Crippen LogP contribution in [0.2, 0.25) is 0 Å². The zero-order chi connectivity index (χ0) is 15.5. The first-order chi connectivity index (χ1) is 9.91. The molecular formula is C16H21NO3S. The van der Waals surface area contributed by atoms with Gasteiger partial charge in [0.25, 0.3) is 0 Å². The van der Waals surface area contributed by atoms with Gasteiger partial charge in [0, 0.05) is 12.1 Å². The fourth-order valence-corrected chi connectivity index (χ4v) is 3.67. The molecule has 0 amide bonds. The SMILES string of the molecule is CC(C)C1(CNS(=O)(=O)c2ccccc2C#CCO)CC1. The van der Waals surface area contributed by atoms with E-state index in [1.165, 1.54) is 0 Å². The summed E-state index contributed by atoms with van der Waals surface area (Å²) in [5, 5.41) is 8.76. The Hall–Kier alpha value is -1.35. The quantitative estimate of drug-likeness (QED) is 0.814. The van der Waals surface area contributed by atoms with Crippen LogP contribution in [0.15, 0.2) is 29.2 Å². The number of aliphatic hydroxyl groups excluding tert-OH is 1. The predicted octanol–water partition coefficient (Wildman–Crippen LogP) is 1.74. The average molecular weight is 307 g/mol. The molecule has 4 nitrogen and oxygen atoms in total. The van der Waals surface area contributed by atoms with E-state index in [1.807, 2.05) is 0 Å². The smallest absolute Gasteiger partial charge is 0.241 e. The van der Waals surface area contributed by atoms with Crippen molar-refractivity contribution in [3.63, 3.8) is 0 Å². The van der Waals surface area contributed by atoms with Gasteiger partial charge in [-0.3, -0.25) is 0 Å². The van der Waals surface area contributed by atoms with Gasteiger partial charge in [-0.05, 0) is 36.3 Å². The van der Waals surface area contributed by atoms with Crippen LogP contribution in [0.3, 0.4) is 0 Å². The Morgan fingerprint density at radius 2 is 2.00 bits per heavy atom. The topological polar surface area (TPSA) is 66.4 Å². The number of aliphatic hydroxyl groups is 1. The van der Waals surface area contributed by atoms with Crippen molar-refractivity contribution in [2.24, 2.45) is 11.3 Å². The molecule has 0 spiro atoms. The predicted molar refractivity (Wildman–Crippen MR) is 82.1 cm³/mol. The lowest BCUT2D eigenvalue weighted by molar-refractivity contribution is 0.350. The number of sulfonamides is 1. The summed E-state index contributed by atoms with van der Waals surface area (Å²) in [6.45, 7) is 4.43. The molecule has 0 saturated heterocycles. The lowest BCUT2D eigenvalue weighted by Crippen LogP contribution is -2.33. The molecule has 2 N–H and O–H groups in total. The molecule has 1 saturated carbocycles. The molecule has 5 heteroatoms. The summed E-state index contributed by atoms with van der Waals surface area (Å²) in [6.07, 6.45) is 2.14. The number of hydrogen-bond donors (Lipinski definition) is 2. The fraction of sp³-hybridized carbons (Fsp3) is 0.500. The summed E-state index contributed by atoms with van der Waals surface area (Å²) < 4.78 is 27.7. The van der Waals surface area contributed by atoms with E-state index in [4.69, 9.17) is 5.11 Å². The number of rotatable bonds is 5. The maximum Gasteiger partial charge on any atom is 0.241 e. The molecule has 0 atom stereocenters. The average Bonchev–Trinajstić information content (AvgIpc) is 3.25. The summed E-state index contributed by atoms with van der Waals surface area (Å²) in [6, 6.07) is 6.59. The Morgan fingerprint density at radius 3 is 2.57 bits per heavy atom. The molecule has 0 aliphatic heterocycles. The molecular weight excluding hydrogens is 286 g/mol. The molecule has 1 aromatic rings. The number of nitrogens with one attached hydrogen (secondary N) is 1. The first kappa shape index (κ1) is 16.0. The number of hydrogen-bond acceptors (Lipinski definition) is 3. The van der Waals surface area contributed by atoms with E-state index in [1.54, 1.807) is 24.3 Å². The van der Waals surface area contributed by atoms with Crippen LogP contribution in [-0.2, 0) is 10.0 Å². The molecule has 1 fully saturated rings. The van der Waals surface area contributed by atoms with E-state index in [9.17, 15) is 8.42 Å². The van der Waals surface area contributed by atoms with Crippen molar-refractivity contribution in [1.82, 2.24) is 4.72 Å². The van der Waals surface area contributed by atoms with Gasteiger partial charge < -0.3 is 5.11 Å². The zero-order valence-corrected chi connectivity index (χ0v) is 13.2. The standard InChI is InChI=1S/C16H21NO3S/c1-13(2)16(9-10-16)12-17-21(19,20)15-8-4-3-6-14(15)7-5-11-18/h3-4,6,8,13,17-18H,9-12H2,1-2H3. The Balaban J connectivity index is 2.20. The van der Waals surface area contributed by atoms with Gasteiger partial charge >= 0.3 is 0 Å². The normalized spacial score (nSPS) is 16.4. The van der Waals surface area contributed by atoms with Crippen molar-refractivity contribution in [1.29, 1.82) is 0 Å². The Bertz CT molecular complexity index is 664. The summed E-state index contributed by atoms with van der Waals surface area (Å²) in [4.78, 5) is 0.172. The van der Waals surface area contributed by atoms with Crippen molar-refractivity contribution in [2.75, 3.05) is 13.2 Å². The van der Waals surface area contributed by atoms with Gasteiger partial charge in [0.1, 0.15) is 6.61 Å². The van der Waals surface area contributed by atoms with E-state index >= 15 is 0 Å². The lowest BCUT2D eigenvalue weighted by atomic mass is 9.93. The highest BCUT2D eigenvalue weighted by molar-refractivity contribution is 7.89. The Labute approximate surface area is 126 Å². The van der Waals surface area contributed by atoms with Crippen LogP contribution in [0.4, 0.5) is 0 Å². The minimum absolute atomic E-state index is 0.110. The molecule has 0 unspecified atom stereocenters. The molecule has 0 radical (unpaired) electrons. The molecule has 114 valence electrons. The zero-order valence-electron chi connectivity index (χ0n) is 12.4. The summed E-state index contributed by atoms with van der Waals surface area (Å²) in [7, 11) is -3.58. The first-order valence-electron chi connectivity index (χ1n) is 7.10. The fourth-order valence-electron chi connectivity index (χ4n) is 2.37. The van der Waals surface area contributed by atoms with Crippen LogP contribution in [0.5, 0.6) is 0 Å². The highest BCUT2D eigenvalue weighted by atomic mass is 32.2. The van der Waals surface area contributed by atoms with Crippen LogP contribution in [0.25, 0.3) is 0 Å². The number of benzene rings is 1. The molecule has 0 bridgehead atoms. The maximum atomic E-state index is 12.5. The van der Waals surface area contributed by atoms with Crippen molar-refractivity contribution in [2.45, 2.75) is 31.6 Å². The van der Waals surface area contributed by atoms with E-state index in [-0.39, 0.29) is 16.9 Å². The highest BCUT2D eigenvalue weighted by Crippen LogP contribution is 2.51. The second-order valence-corrected chi connectivity index (χ2v) is 7.53. The minimum Gasteiger partial charge on any atom is -0.384 e. The third kappa shape index (κ3) is 3.65. The summed E-state index contributed by atoms with van der Waals surface area (Å²) >= 11 is 0. The molecule has 21 heavy (non-hydrogen) atoms. The maximum absolute atomic E-state index is 12.5. The molecule has 2 rings (SSSR count). The van der Waals surface area contributed by atoms with Gasteiger partial charge in [-0.1, -0.05) is 37.8 Å². The molecule has 1 aromatic carbocycles. The van der Waals surface area contributed by atoms with Crippen LogP contribution >= 0.6 is 0 Å². The first-order valence-corrected chi connectivity index (χ1v) is 8.58. The minimum atomic E-state index is -3.58. The summed E-state index contributed by atoms with van der Waals surface area (Å²) in [5.74, 6) is 5.64. The highest BCUT2D eigenvalue weighted by Gasteiger charge is 2.45. The second-order valence-electron chi connectivity index (χ2n) is 5.80. The van der Waals surface area contributed by atoms with E-state index in [0.717, 1.165) is 12.8 Å². The lowest BCUT2D eigenvalue weighted by Gasteiger charge is -2.20. The van der Waals surface area contributed by atoms with E-state index in [0.29, 0.717) is 18.0 Å². The second kappa shape index (κ2) is 6.18. The van der Waals surface area contributed by atoms with Gasteiger partial charge in [0.05, 0.1) is 4.90 Å². The monoisotopic (exact) mass is 307 g/mol. The largest absolute Gasteiger partial charge is 0.384 e. The van der Waals surface area contributed by atoms with Crippen LogP contribution in [0.1, 0.15) is 32.3 Å². The molecule has 1 aliphatic carbocycles. The molecule has 0 aromatic heterocycles. The van der Waals surface area contributed by atoms with Gasteiger partial charge in [-0.25, -0.2) is 13.1 Å². The van der Waals surface area contributed by atoms with Gasteiger partial charge in [-0.2, -0.15) is 0 Å². The molecule has 0 heterocycles. The van der Waals surface area contributed by atoms with Gasteiger partial charge in [0.2, 0.25) is 10.0 Å². The van der Waals surface area contributed by atoms with Crippen molar-refractivity contribution in [3.05, 3.63) is 29.8 Å². The van der Waals surface area contributed by atoms with Gasteiger partial charge in [0.15, 0.2) is 0 Å². The van der Waals surface area contributed by atoms with Crippen molar-refractivity contribution >= 4 is 10.0 Å². The van der Waals surface area contributed by atoms with E-state index < -0.39 is 10.0 Å².